The second-order valence-electron chi connectivity index (χ2n) is 5.34. The fourth-order valence-electron chi connectivity index (χ4n) is 2.26. The molecule has 0 atom stereocenters. The lowest BCUT2D eigenvalue weighted by atomic mass is 9.87. The van der Waals surface area contributed by atoms with E-state index in [1.807, 2.05) is 0 Å². The quantitative estimate of drug-likeness (QED) is 0.696. The minimum absolute atomic E-state index is 0.373. The third-order valence-corrected chi connectivity index (χ3v) is 3.43. The van der Waals surface area contributed by atoms with Gasteiger partial charge in [0.1, 0.15) is 0 Å². The predicted molar refractivity (Wildman–Crippen MR) is 65.1 cm³/mol. The van der Waals surface area contributed by atoms with E-state index in [-0.39, 0.29) is 0 Å². The van der Waals surface area contributed by atoms with Gasteiger partial charge in [-0.2, -0.15) is 0 Å². The van der Waals surface area contributed by atoms with Crippen molar-refractivity contribution in [3.8, 4) is 0 Å². The normalized spacial score (nSPS) is 20.4. The molecular formula is C13H27NO. The fourth-order valence-corrected chi connectivity index (χ4v) is 2.26. The molecule has 0 unspecified atom stereocenters. The molecule has 1 heterocycles. The number of likely N-dealkylation sites (tertiary alicyclic amines) is 1. The van der Waals surface area contributed by atoms with Gasteiger partial charge >= 0.3 is 0 Å². The molecule has 0 amide bonds. The topological polar surface area (TPSA) is 12.5 Å². The molecule has 0 bridgehead atoms. The van der Waals surface area contributed by atoms with Gasteiger partial charge in [0, 0.05) is 6.54 Å². The first-order valence-electron chi connectivity index (χ1n) is 6.43. The molecule has 90 valence electrons. The van der Waals surface area contributed by atoms with Crippen LogP contribution < -0.4 is 0 Å². The molecule has 0 N–H and O–H groups in total. The van der Waals surface area contributed by atoms with Gasteiger partial charge in [0.05, 0.1) is 12.7 Å². The lowest BCUT2D eigenvalue weighted by molar-refractivity contribution is 0.0482. The summed E-state index contributed by atoms with van der Waals surface area (Å²) < 4.78 is 5.58. The van der Waals surface area contributed by atoms with Crippen LogP contribution in [0.4, 0.5) is 0 Å². The minimum atomic E-state index is 0.373. The Morgan fingerprint density at radius 2 is 1.73 bits per heavy atom. The fraction of sp³-hybridized carbons (Fsp3) is 1.00. The number of rotatable bonds is 5. The molecule has 1 saturated heterocycles. The van der Waals surface area contributed by atoms with Crippen molar-refractivity contribution in [2.24, 2.45) is 11.8 Å². The predicted octanol–water partition coefficient (Wildman–Crippen LogP) is 2.78. The van der Waals surface area contributed by atoms with Gasteiger partial charge in [0.25, 0.3) is 0 Å². The number of hydrogen-bond donors (Lipinski definition) is 0. The zero-order valence-corrected chi connectivity index (χ0v) is 10.8. The average Bonchev–Trinajstić information content (AvgIpc) is 2.18. The zero-order chi connectivity index (χ0) is 11.3. The highest BCUT2D eigenvalue weighted by Gasteiger charge is 2.20. The molecule has 0 aromatic rings. The summed E-state index contributed by atoms with van der Waals surface area (Å²) >= 11 is 0. The summed E-state index contributed by atoms with van der Waals surface area (Å²) in [6, 6.07) is 0. The van der Waals surface area contributed by atoms with Gasteiger partial charge < -0.3 is 9.64 Å². The lowest BCUT2D eigenvalue weighted by Crippen LogP contribution is -2.37. The highest BCUT2D eigenvalue weighted by atomic mass is 16.5. The van der Waals surface area contributed by atoms with Crippen LogP contribution in [0.3, 0.4) is 0 Å². The molecule has 0 radical (unpaired) electrons. The van der Waals surface area contributed by atoms with Crippen molar-refractivity contribution in [3.63, 3.8) is 0 Å². The van der Waals surface area contributed by atoms with Crippen molar-refractivity contribution < 1.29 is 4.74 Å². The maximum absolute atomic E-state index is 5.58. The van der Waals surface area contributed by atoms with Gasteiger partial charge in [-0.05, 0) is 51.6 Å². The molecule has 0 aromatic carbocycles. The second-order valence-corrected chi connectivity index (χ2v) is 5.34. The van der Waals surface area contributed by atoms with Gasteiger partial charge in [-0.15, -0.1) is 0 Å². The molecule has 0 spiro atoms. The van der Waals surface area contributed by atoms with Crippen molar-refractivity contribution in [2.75, 3.05) is 26.2 Å². The largest absolute Gasteiger partial charge is 0.377 e. The van der Waals surface area contributed by atoms with Crippen LogP contribution in [0.1, 0.15) is 40.5 Å². The third kappa shape index (κ3) is 4.98. The van der Waals surface area contributed by atoms with E-state index in [4.69, 9.17) is 4.74 Å². The van der Waals surface area contributed by atoms with E-state index in [9.17, 15) is 0 Å². The molecule has 1 aliphatic rings. The Morgan fingerprint density at radius 1 is 1.13 bits per heavy atom. The van der Waals surface area contributed by atoms with Gasteiger partial charge in [-0.3, -0.25) is 0 Å². The van der Waals surface area contributed by atoms with E-state index >= 15 is 0 Å². The molecule has 2 heteroatoms. The summed E-state index contributed by atoms with van der Waals surface area (Å²) in [5.74, 6) is 1.81. The van der Waals surface area contributed by atoms with Crippen LogP contribution in [0.15, 0.2) is 0 Å². The van der Waals surface area contributed by atoms with E-state index in [1.165, 1.54) is 25.9 Å². The SMILES string of the molecule is CC(C)OCCN1CCC(C(C)C)CC1. The first-order valence-corrected chi connectivity index (χ1v) is 6.43. The van der Waals surface area contributed by atoms with Crippen LogP contribution >= 0.6 is 0 Å². The molecule has 2 nitrogen and oxygen atoms in total. The maximum atomic E-state index is 5.58. The number of hydrogen-bond acceptors (Lipinski definition) is 2. The Balaban J connectivity index is 2.09. The molecule has 1 rings (SSSR count). The van der Waals surface area contributed by atoms with E-state index in [0.717, 1.165) is 25.0 Å². The standard InChI is InChI=1S/C13H27NO/c1-11(2)13-5-7-14(8-6-13)9-10-15-12(3)4/h11-13H,5-10H2,1-4H3. The van der Waals surface area contributed by atoms with Gasteiger partial charge in [0.2, 0.25) is 0 Å². The van der Waals surface area contributed by atoms with Crippen LogP contribution in [0.2, 0.25) is 0 Å². The summed E-state index contributed by atoms with van der Waals surface area (Å²) in [4.78, 5) is 2.54. The van der Waals surface area contributed by atoms with Crippen molar-refractivity contribution in [1.29, 1.82) is 0 Å². The Kier molecular flexibility index (Phi) is 5.62. The maximum Gasteiger partial charge on any atom is 0.0596 e. The third-order valence-electron chi connectivity index (χ3n) is 3.43. The molecule has 0 saturated carbocycles. The van der Waals surface area contributed by atoms with Crippen molar-refractivity contribution >= 4 is 0 Å². The zero-order valence-electron chi connectivity index (χ0n) is 10.8. The Bertz CT molecular complexity index is 157. The Hall–Kier alpha value is -0.0800. The molecule has 1 aliphatic heterocycles. The van der Waals surface area contributed by atoms with Crippen molar-refractivity contribution in [3.05, 3.63) is 0 Å². The van der Waals surface area contributed by atoms with E-state index in [2.05, 4.69) is 32.6 Å². The molecule has 0 aromatic heterocycles. The lowest BCUT2D eigenvalue weighted by Gasteiger charge is -2.33. The second kappa shape index (κ2) is 6.49. The van der Waals surface area contributed by atoms with Crippen molar-refractivity contribution in [1.82, 2.24) is 4.90 Å². The average molecular weight is 213 g/mol. The van der Waals surface area contributed by atoms with Crippen LogP contribution in [-0.2, 0) is 4.74 Å². The molecule has 15 heavy (non-hydrogen) atoms. The summed E-state index contributed by atoms with van der Waals surface area (Å²) in [5.41, 5.74) is 0. The summed E-state index contributed by atoms with van der Waals surface area (Å²) in [7, 11) is 0. The van der Waals surface area contributed by atoms with Gasteiger partial charge in [0.15, 0.2) is 0 Å². The van der Waals surface area contributed by atoms with Crippen LogP contribution in [0, 0.1) is 11.8 Å². The van der Waals surface area contributed by atoms with E-state index < -0.39 is 0 Å². The summed E-state index contributed by atoms with van der Waals surface area (Å²) in [6.45, 7) is 13.4. The van der Waals surface area contributed by atoms with E-state index in [0.29, 0.717) is 6.10 Å². The highest BCUT2D eigenvalue weighted by Crippen LogP contribution is 2.23. The summed E-state index contributed by atoms with van der Waals surface area (Å²) in [6.07, 6.45) is 3.12. The number of ether oxygens (including phenoxy) is 1. The summed E-state index contributed by atoms with van der Waals surface area (Å²) in [5, 5.41) is 0. The molecule has 1 fully saturated rings. The van der Waals surface area contributed by atoms with Crippen LogP contribution in [0.25, 0.3) is 0 Å². The Morgan fingerprint density at radius 3 is 2.20 bits per heavy atom. The smallest absolute Gasteiger partial charge is 0.0596 e. The number of nitrogens with zero attached hydrogens (tertiary/aromatic N) is 1. The van der Waals surface area contributed by atoms with Crippen LogP contribution in [-0.4, -0.2) is 37.2 Å². The van der Waals surface area contributed by atoms with Crippen molar-refractivity contribution in [2.45, 2.75) is 46.6 Å². The first-order chi connectivity index (χ1) is 7.09. The molecular weight excluding hydrogens is 186 g/mol. The molecule has 0 aliphatic carbocycles. The number of piperidine rings is 1. The minimum Gasteiger partial charge on any atom is -0.377 e. The monoisotopic (exact) mass is 213 g/mol. The van der Waals surface area contributed by atoms with Gasteiger partial charge in [-0.1, -0.05) is 13.8 Å². The first kappa shape index (κ1) is 13.0. The Labute approximate surface area is 95.0 Å². The van der Waals surface area contributed by atoms with E-state index in [1.54, 1.807) is 0 Å². The highest BCUT2D eigenvalue weighted by molar-refractivity contribution is 4.74. The van der Waals surface area contributed by atoms with Gasteiger partial charge in [-0.25, -0.2) is 0 Å². The van der Waals surface area contributed by atoms with Crippen LogP contribution in [0.5, 0.6) is 0 Å².